The zero-order valence-corrected chi connectivity index (χ0v) is 12.1. The lowest BCUT2D eigenvalue weighted by Gasteiger charge is -2.10. The molecule has 0 unspecified atom stereocenters. The molecule has 4 heteroatoms. The van der Waals surface area contributed by atoms with E-state index in [1.807, 2.05) is 32.0 Å². The molecule has 0 saturated heterocycles. The Morgan fingerprint density at radius 1 is 1.19 bits per heavy atom. The highest BCUT2D eigenvalue weighted by molar-refractivity contribution is 5.92. The molecule has 1 amide bonds. The van der Waals surface area contributed by atoms with Crippen molar-refractivity contribution in [1.82, 2.24) is 0 Å². The zero-order valence-electron chi connectivity index (χ0n) is 12.1. The van der Waals surface area contributed by atoms with Gasteiger partial charge in [-0.25, -0.2) is 0 Å². The van der Waals surface area contributed by atoms with Crippen LogP contribution >= 0.6 is 0 Å². The Morgan fingerprint density at radius 2 is 2.00 bits per heavy atom. The van der Waals surface area contributed by atoms with E-state index in [9.17, 15) is 9.59 Å². The largest absolute Gasteiger partial charge is 0.484 e. The third-order valence-electron chi connectivity index (χ3n) is 3.03. The molecule has 0 aliphatic carbocycles. The Bertz CT molecular complexity index is 665. The maximum absolute atomic E-state index is 11.9. The Balaban J connectivity index is 1.95. The number of hydrogen-bond acceptors (Lipinski definition) is 3. The molecule has 0 atom stereocenters. The van der Waals surface area contributed by atoms with Crippen molar-refractivity contribution in [3.63, 3.8) is 0 Å². The van der Waals surface area contributed by atoms with Crippen LogP contribution in [0.3, 0.4) is 0 Å². The van der Waals surface area contributed by atoms with Crippen LogP contribution in [0.1, 0.15) is 21.5 Å². The number of ether oxygens (including phenoxy) is 1. The number of benzene rings is 2. The minimum atomic E-state index is -0.236. The van der Waals surface area contributed by atoms with Crippen LogP contribution in [0, 0.1) is 13.8 Å². The Morgan fingerprint density at radius 3 is 2.76 bits per heavy atom. The molecule has 2 rings (SSSR count). The number of anilines is 1. The maximum Gasteiger partial charge on any atom is 0.262 e. The molecule has 2 aromatic carbocycles. The van der Waals surface area contributed by atoms with E-state index in [-0.39, 0.29) is 12.5 Å². The van der Waals surface area contributed by atoms with Gasteiger partial charge in [0, 0.05) is 11.3 Å². The molecule has 2 aromatic rings. The highest BCUT2D eigenvalue weighted by Crippen LogP contribution is 2.16. The van der Waals surface area contributed by atoms with E-state index in [2.05, 4.69) is 5.32 Å². The minimum absolute atomic E-state index is 0.101. The molecule has 0 saturated carbocycles. The molecule has 0 spiro atoms. The molecule has 0 aliphatic heterocycles. The van der Waals surface area contributed by atoms with Crippen LogP contribution in [0.4, 0.5) is 5.69 Å². The summed E-state index contributed by atoms with van der Waals surface area (Å²) in [6.45, 7) is 3.80. The molecule has 21 heavy (non-hydrogen) atoms. The summed E-state index contributed by atoms with van der Waals surface area (Å²) in [5.41, 5.74) is 3.38. The minimum Gasteiger partial charge on any atom is -0.484 e. The van der Waals surface area contributed by atoms with E-state index in [0.29, 0.717) is 11.3 Å². The van der Waals surface area contributed by atoms with Gasteiger partial charge in [0.15, 0.2) is 6.61 Å². The van der Waals surface area contributed by atoms with Crippen LogP contribution in [-0.2, 0) is 4.79 Å². The number of hydrogen-bond donors (Lipinski definition) is 1. The molecular weight excluding hydrogens is 266 g/mol. The topological polar surface area (TPSA) is 55.4 Å². The summed E-state index contributed by atoms with van der Waals surface area (Å²) >= 11 is 0. The summed E-state index contributed by atoms with van der Waals surface area (Å²) in [5, 5.41) is 2.82. The third kappa shape index (κ3) is 4.18. The average Bonchev–Trinajstić information content (AvgIpc) is 2.49. The highest BCUT2D eigenvalue weighted by atomic mass is 16.5. The number of rotatable bonds is 5. The van der Waals surface area contributed by atoms with Gasteiger partial charge in [0.2, 0.25) is 0 Å². The van der Waals surface area contributed by atoms with Crippen molar-refractivity contribution in [1.29, 1.82) is 0 Å². The average molecular weight is 283 g/mol. The number of aryl methyl sites for hydroxylation is 2. The maximum atomic E-state index is 11.9. The van der Waals surface area contributed by atoms with Gasteiger partial charge in [-0.15, -0.1) is 0 Å². The van der Waals surface area contributed by atoms with Crippen molar-refractivity contribution < 1.29 is 14.3 Å². The van der Waals surface area contributed by atoms with Crippen molar-refractivity contribution in [3.05, 3.63) is 59.2 Å². The van der Waals surface area contributed by atoms with Crippen molar-refractivity contribution in [2.45, 2.75) is 13.8 Å². The number of aldehydes is 1. The molecule has 0 aliphatic rings. The van der Waals surface area contributed by atoms with Crippen LogP contribution in [0.25, 0.3) is 0 Å². The van der Waals surface area contributed by atoms with Crippen LogP contribution in [0.15, 0.2) is 42.5 Å². The van der Waals surface area contributed by atoms with E-state index in [4.69, 9.17) is 4.74 Å². The van der Waals surface area contributed by atoms with Crippen molar-refractivity contribution >= 4 is 17.9 Å². The Kier molecular flexibility index (Phi) is 4.72. The predicted molar refractivity (Wildman–Crippen MR) is 81.9 cm³/mol. The number of carbonyl (C=O) groups is 2. The highest BCUT2D eigenvalue weighted by Gasteiger charge is 2.06. The first-order valence-corrected chi connectivity index (χ1v) is 6.63. The van der Waals surface area contributed by atoms with Gasteiger partial charge >= 0.3 is 0 Å². The second-order valence-corrected chi connectivity index (χ2v) is 4.85. The van der Waals surface area contributed by atoms with Gasteiger partial charge in [-0.1, -0.05) is 24.3 Å². The Hall–Kier alpha value is -2.62. The lowest BCUT2D eigenvalue weighted by molar-refractivity contribution is -0.118. The SMILES string of the molecule is Cc1ccc(C)c(NC(=O)COc2cccc(C=O)c2)c1. The summed E-state index contributed by atoms with van der Waals surface area (Å²) in [4.78, 5) is 22.6. The first-order valence-electron chi connectivity index (χ1n) is 6.63. The molecular formula is C17H17NO3. The second kappa shape index (κ2) is 6.70. The molecule has 4 nitrogen and oxygen atoms in total. The lowest BCUT2D eigenvalue weighted by atomic mass is 10.1. The quantitative estimate of drug-likeness (QED) is 0.858. The first kappa shape index (κ1) is 14.8. The monoisotopic (exact) mass is 283 g/mol. The lowest BCUT2D eigenvalue weighted by Crippen LogP contribution is -2.20. The second-order valence-electron chi connectivity index (χ2n) is 4.85. The van der Waals surface area contributed by atoms with Gasteiger partial charge in [0.25, 0.3) is 5.91 Å². The summed E-state index contributed by atoms with van der Waals surface area (Å²) in [6, 6.07) is 12.6. The summed E-state index contributed by atoms with van der Waals surface area (Å²) in [7, 11) is 0. The van der Waals surface area contributed by atoms with Crippen molar-refractivity contribution in [3.8, 4) is 5.75 Å². The zero-order chi connectivity index (χ0) is 15.2. The van der Waals surface area contributed by atoms with Gasteiger partial charge in [-0.05, 0) is 43.2 Å². The van der Waals surface area contributed by atoms with Gasteiger partial charge < -0.3 is 10.1 Å². The molecule has 0 fully saturated rings. The number of carbonyl (C=O) groups excluding carboxylic acids is 2. The Labute approximate surface area is 123 Å². The van der Waals surface area contributed by atoms with Crippen LogP contribution in [0.2, 0.25) is 0 Å². The van der Waals surface area contributed by atoms with E-state index in [1.54, 1.807) is 24.3 Å². The predicted octanol–water partition coefficient (Wildman–Crippen LogP) is 3.13. The molecule has 1 N–H and O–H groups in total. The third-order valence-corrected chi connectivity index (χ3v) is 3.03. The van der Waals surface area contributed by atoms with Gasteiger partial charge in [-0.3, -0.25) is 9.59 Å². The fourth-order valence-corrected chi connectivity index (χ4v) is 1.88. The van der Waals surface area contributed by atoms with E-state index in [1.165, 1.54) is 0 Å². The standard InChI is InChI=1S/C17H17NO3/c1-12-6-7-13(2)16(8-12)18-17(20)11-21-15-5-3-4-14(9-15)10-19/h3-10H,11H2,1-2H3,(H,18,20). The molecule has 108 valence electrons. The molecule has 0 bridgehead atoms. The molecule has 0 heterocycles. The fraction of sp³-hybridized carbons (Fsp3) is 0.176. The van der Waals surface area contributed by atoms with Crippen molar-refractivity contribution in [2.24, 2.45) is 0 Å². The summed E-state index contributed by atoms with van der Waals surface area (Å²) in [6.07, 6.45) is 0.739. The number of amides is 1. The van der Waals surface area contributed by atoms with Crippen LogP contribution in [0.5, 0.6) is 5.75 Å². The van der Waals surface area contributed by atoms with Gasteiger partial charge in [-0.2, -0.15) is 0 Å². The summed E-state index contributed by atoms with van der Waals surface area (Å²) < 4.78 is 5.38. The van der Waals surface area contributed by atoms with Crippen LogP contribution in [-0.4, -0.2) is 18.8 Å². The molecule has 0 radical (unpaired) electrons. The first-order chi connectivity index (χ1) is 10.1. The van der Waals surface area contributed by atoms with E-state index < -0.39 is 0 Å². The van der Waals surface area contributed by atoms with Crippen LogP contribution < -0.4 is 10.1 Å². The van der Waals surface area contributed by atoms with Gasteiger partial charge in [0.1, 0.15) is 12.0 Å². The van der Waals surface area contributed by atoms with Gasteiger partial charge in [0.05, 0.1) is 0 Å². The van der Waals surface area contributed by atoms with E-state index in [0.717, 1.165) is 23.1 Å². The number of nitrogens with one attached hydrogen (secondary N) is 1. The fourth-order valence-electron chi connectivity index (χ4n) is 1.88. The summed E-state index contributed by atoms with van der Waals surface area (Å²) in [5.74, 6) is 0.260. The van der Waals surface area contributed by atoms with Crippen molar-refractivity contribution in [2.75, 3.05) is 11.9 Å². The van der Waals surface area contributed by atoms with E-state index >= 15 is 0 Å². The molecule has 0 aromatic heterocycles. The smallest absolute Gasteiger partial charge is 0.262 e. The normalized spacial score (nSPS) is 10.0.